The minimum Gasteiger partial charge on any atom is -0.342 e. The van der Waals surface area contributed by atoms with Crippen LogP contribution in [0, 0.1) is 17.1 Å². The topological polar surface area (TPSA) is 119 Å². The molecule has 2 N–H and O–H groups in total. The second-order valence-corrected chi connectivity index (χ2v) is 9.67. The molecule has 0 fully saturated rings. The van der Waals surface area contributed by atoms with Crippen LogP contribution in [0.5, 0.6) is 0 Å². The molecular formula is C24H20FN5O3S. The average Bonchev–Trinajstić information content (AvgIpc) is 3.22. The van der Waals surface area contributed by atoms with Crippen molar-refractivity contribution >= 4 is 32.7 Å². The number of fused-ring (bicyclic) bond motifs is 1. The fraction of sp³-hybridized carbons (Fsp3) is 0.125. The third-order valence-corrected chi connectivity index (χ3v) is 7.01. The monoisotopic (exact) mass is 477 g/mol. The van der Waals surface area contributed by atoms with Crippen molar-refractivity contribution in [2.45, 2.75) is 11.3 Å². The standard InChI is InChI=1S/C24H20FN5O3S/c1-30(34(32,33)19-9-6-16(14-26)7-10-19)15-24(31)27-18-8-11-21-22(13-18)29-23(28-21)12-17-4-2-3-5-20(17)25/h2-11,13H,12,15H2,1H3,(H,27,31)(H,28,29). The molecule has 0 bridgehead atoms. The van der Waals surface area contributed by atoms with E-state index in [0.29, 0.717) is 40.1 Å². The number of anilines is 1. The van der Waals surface area contributed by atoms with Crippen molar-refractivity contribution in [1.29, 1.82) is 5.26 Å². The molecule has 0 saturated carbocycles. The molecule has 0 unspecified atom stereocenters. The third kappa shape index (κ3) is 4.96. The first-order chi connectivity index (χ1) is 16.3. The molecule has 0 atom stereocenters. The number of halogens is 1. The smallest absolute Gasteiger partial charge is 0.243 e. The van der Waals surface area contributed by atoms with E-state index in [0.717, 1.165) is 4.31 Å². The van der Waals surface area contributed by atoms with Crippen LogP contribution in [-0.2, 0) is 21.2 Å². The Balaban J connectivity index is 1.44. The van der Waals surface area contributed by atoms with Gasteiger partial charge in [0.15, 0.2) is 0 Å². The van der Waals surface area contributed by atoms with Gasteiger partial charge in [0.1, 0.15) is 11.6 Å². The highest BCUT2D eigenvalue weighted by molar-refractivity contribution is 7.89. The molecule has 4 rings (SSSR count). The van der Waals surface area contributed by atoms with E-state index >= 15 is 0 Å². The molecule has 34 heavy (non-hydrogen) atoms. The summed E-state index contributed by atoms with van der Waals surface area (Å²) in [5.74, 6) is -0.252. The first kappa shape index (κ1) is 23.1. The zero-order chi connectivity index (χ0) is 24.3. The number of carbonyl (C=O) groups excluding carboxylic acids is 1. The van der Waals surface area contributed by atoms with E-state index in [1.165, 1.54) is 37.4 Å². The number of amides is 1. The van der Waals surface area contributed by atoms with Crippen LogP contribution >= 0.6 is 0 Å². The Morgan fingerprint density at radius 2 is 1.88 bits per heavy atom. The van der Waals surface area contributed by atoms with Crippen LogP contribution in [-0.4, -0.2) is 42.2 Å². The number of nitriles is 1. The molecule has 1 aromatic heterocycles. The van der Waals surface area contributed by atoms with E-state index in [4.69, 9.17) is 5.26 Å². The summed E-state index contributed by atoms with van der Waals surface area (Å²) in [5, 5.41) is 11.5. The number of hydrogen-bond donors (Lipinski definition) is 2. The molecule has 1 amide bonds. The molecule has 172 valence electrons. The summed E-state index contributed by atoms with van der Waals surface area (Å²) >= 11 is 0. The summed E-state index contributed by atoms with van der Waals surface area (Å²) < 4.78 is 40.2. The largest absolute Gasteiger partial charge is 0.342 e. The Kier molecular flexibility index (Phi) is 6.40. The molecule has 1 heterocycles. The Morgan fingerprint density at radius 1 is 1.15 bits per heavy atom. The van der Waals surface area contributed by atoms with Crippen LogP contribution < -0.4 is 5.32 Å². The number of benzene rings is 3. The lowest BCUT2D eigenvalue weighted by Crippen LogP contribution is -2.34. The van der Waals surface area contributed by atoms with E-state index in [1.807, 2.05) is 6.07 Å². The van der Waals surface area contributed by atoms with Crippen molar-refractivity contribution in [3.63, 3.8) is 0 Å². The van der Waals surface area contributed by atoms with Crippen LogP contribution in [0.3, 0.4) is 0 Å². The Bertz CT molecular complexity index is 1510. The highest BCUT2D eigenvalue weighted by Crippen LogP contribution is 2.20. The van der Waals surface area contributed by atoms with Gasteiger partial charge in [0, 0.05) is 19.2 Å². The fourth-order valence-electron chi connectivity index (χ4n) is 3.42. The van der Waals surface area contributed by atoms with Crippen molar-refractivity contribution in [3.8, 4) is 6.07 Å². The van der Waals surface area contributed by atoms with Gasteiger partial charge in [0.2, 0.25) is 15.9 Å². The number of rotatable bonds is 7. The van der Waals surface area contributed by atoms with Crippen LogP contribution in [0.1, 0.15) is 17.0 Å². The van der Waals surface area contributed by atoms with Gasteiger partial charge in [-0.05, 0) is 54.1 Å². The molecule has 0 spiro atoms. The van der Waals surface area contributed by atoms with Crippen molar-refractivity contribution < 1.29 is 17.6 Å². The van der Waals surface area contributed by atoms with Crippen molar-refractivity contribution in [1.82, 2.24) is 14.3 Å². The van der Waals surface area contributed by atoms with E-state index < -0.39 is 22.5 Å². The molecular weight excluding hydrogens is 457 g/mol. The molecule has 0 radical (unpaired) electrons. The number of hydrogen-bond acceptors (Lipinski definition) is 5. The molecule has 8 nitrogen and oxygen atoms in total. The Hall–Kier alpha value is -4.07. The fourth-order valence-corrected chi connectivity index (χ4v) is 4.54. The maximum atomic E-state index is 13.9. The second-order valence-electron chi connectivity index (χ2n) is 7.63. The van der Waals surface area contributed by atoms with Gasteiger partial charge in [-0.25, -0.2) is 17.8 Å². The summed E-state index contributed by atoms with van der Waals surface area (Å²) in [7, 11) is -2.59. The van der Waals surface area contributed by atoms with Crippen LogP contribution in [0.2, 0.25) is 0 Å². The maximum absolute atomic E-state index is 13.9. The molecule has 0 aliphatic carbocycles. The Morgan fingerprint density at radius 3 is 2.59 bits per heavy atom. The molecule has 3 aromatic carbocycles. The zero-order valence-electron chi connectivity index (χ0n) is 18.1. The zero-order valence-corrected chi connectivity index (χ0v) is 18.9. The average molecular weight is 478 g/mol. The minimum absolute atomic E-state index is 0.0111. The lowest BCUT2D eigenvalue weighted by molar-refractivity contribution is -0.116. The van der Waals surface area contributed by atoms with Gasteiger partial charge >= 0.3 is 0 Å². The van der Waals surface area contributed by atoms with Crippen LogP contribution in [0.4, 0.5) is 10.1 Å². The van der Waals surface area contributed by atoms with E-state index in [-0.39, 0.29) is 10.7 Å². The van der Waals surface area contributed by atoms with Gasteiger partial charge in [-0.15, -0.1) is 0 Å². The lowest BCUT2D eigenvalue weighted by Gasteiger charge is -2.17. The number of nitrogens with one attached hydrogen (secondary N) is 2. The summed E-state index contributed by atoms with van der Waals surface area (Å²) in [6, 6.07) is 18.9. The number of imidazole rings is 1. The maximum Gasteiger partial charge on any atom is 0.243 e. The van der Waals surface area contributed by atoms with Crippen molar-refractivity contribution in [3.05, 3.63) is 89.5 Å². The number of nitrogens with zero attached hydrogens (tertiary/aromatic N) is 3. The summed E-state index contributed by atoms with van der Waals surface area (Å²) in [6.45, 7) is -0.401. The quantitative estimate of drug-likeness (QED) is 0.423. The van der Waals surface area contributed by atoms with Gasteiger partial charge in [0.05, 0.1) is 34.1 Å². The third-order valence-electron chi connectivity index (χ3n) is 5.19. The highest BCUT2D eigenvalue weighted by atomic mass is 32.2. The number of H-pyrrole nitrogens is 1. The molecule has 0 aliphatic rings. The van der Waals surface area contributed by atoms with Crippen molar-refractivity contribution in [2.75, 3.05) is 18.9 Å². The predicted octanol–water partition coefficient (Wildman–Crippen LogP) is 3.42. The predicted molar refractivity (Wildman–Crippen MR) is 125 cm³/mol. The van der Waals surface area contributed by atoms with Gasteiger partial charge in [-0.2, -0.15) is 9.57 Å². The number of aromatic amines is 1. The first-order valence-corrected chi connectivity index (χ1v) is 11.7. The van der Waals surface area contributed by atoms with E-state index in [9.17, 15) is 17.6 Å². The second kappa shape index (κ2) is 9.43. The number of carbonyl (C=O) groups is 1. The minimum atomic E-state index is -3.90. The molecule has 0 saturated heterocycles. The number of sulfonamides is 1. The van der Waals surface area contributed by atoms with Gasteiger partial charge in [-0.3, -0.25) is 4.79 Å². The van der Waals surface area contributed by atoms with E-state index in [1.54, 1.807) is 36.4 Å². The summed E-state index contributed by atoms with van der Waals surface area (Å²) in [5.41, 5.74) is 2.63. The summed E-state index contributed by atoms with van der Waals surface area (Å²) in [6.07, 6.45) is 0.293. The van der Waals surface area contributed by atoms with Gasteiger partial charge < -0.3 is 10.3 Å². The highest BCUT2D eigenvalue weighted by Gasteiger charge is 2.23. The van der Waals surface area contributed by atoms with Gasteiger partial charge in [0.25, 0.3) is 0 Å². The van der Waals surface area contributed by atoms with E-state index in [2.05, 4.69) is 15.3 Å². The van der Waals surface area contributed by atoms with Crippen molar-refractivity contribution in [2.24, 2.45) is 0 Å². The number of likely N-dealkylation sites (N-methyl/N-ethyl adjacent to an activating group) is 1. The molecule has 0 aliphatic heterocycles. The molecule has 4 aromatic rings. The van der Waals surface area contributed by atoms with Crippen LogP contribution in [0.15, 0.2) is 71.6 Å². The molecule has 10 heteroatoms. The first-order valence-electron chi connectivity index (χ1n) is 10.2. The lowest BCUT2D eigenvalue weighted by atomic mass is 10.1. The van der Waals surface area contributed by atoms with Gasteiger partial charge in [-0.1, -0.05) is 18.2 Å². The Labute approximate surface area is 195 Å². The summed E-state index contributed by atoms with van der Waals surface area (Å²) in [4.78, 5) is 20.1. The van der Waals surface area contributed by atoms with Crippen LogP contribution in [0.25, 0.3) is 11.0 Å². The number of aromatic nitrogens is 2. The normalized spacial score (nSPS) is 11.5. The SMILES string of the molecule is CN(CC(=O)Nc1ccc2nc(Cc3ccccc3F)[nH]c2c1)S(=O)(=O)c1ccc(C#N)cc1.